The van der Waals surface area contributed by atoms with Crippen molar-refractivity contribution in [3.8, 4) is 0 Å². The number of aromatic nitrogens is 1. The number of thiazole rings is 1. The highest BCUT2D eigenvalue weighted by Gasteiger charge is 2.33. The molecular formula is C18H14BrFN2OS. The molecular weight excluding hydrogens is 391 g/mol. The Kier molecular flexibility index (Phi) is 4.10. The van der Waals surface area contributed by atoms with E-state index in [1.807, 2.05) is 24.3 Å². The third kappa shape index (κ3) is 2.74. The zero-order valence-corrected chi connectivity index (χ0v) is 15.1. The van der Waals surface area contributed by atoms with E-state index in [0.29, 0.717) is 11.0 Å². The van der Waals surface area contributed by atoms with E-state index in [2.05, 4.69) is 20.9 Å². The van der Waals surface area contributed by atoms with Crippen molar-refractivity contribution in [3.05, 3.63) is 63.3 Å². The smallest absolute Gasteiger partial charge is 0.257 e. The van der Waals surface area contributed by atoms with Gasteiger partial charge in [0.1, 0.15) is 10.8 Å². The summed E-state index contributed by atoms with van der Waals surface area (Å²) in [7, 11) is 0. The molecule has 0 saturated carbocycles. The van der Waals surface area contributed by atoms with Gasteiger partial charge in [-0.25, -0.2) is 9.37 Å². The molecule has 0 radical (unpaired) electrons. The van der Waals surface area contributed by atoms with E-state index in [4.69, 9.17) is 0 Å². The first-order valence-electron chi connectivity index (χ1n) is 7.75. The van der Waals surface area contributed by atoms with Crippen LogP contribution in [0.1, 0.15) is 34.2 Å². The lowest BCUT2D eigenvalue weighted by Crippen LogP contribution is -2.31. The fourth-order valence-electron chi connectivity index (χ4n) is 3.12. The minimum absolute atomic E-state index is 0.0757. The predicted octanol–water partition coefficient (Wildman–Crippen LogP) is 5.18. The Bertz CT molecular complexity index is 893. The molecule has 1 atom stereocenters. The van der Waals surface area contributed by atoms with Crippen molar-refractivity contribution in [1.82, 2.24) is 9.88 Å². The molecule has 0 aliphatic carbocycles. The number of hydrogen-bond acceptors (Lipinski definition) is 3. The fourth-order valence-corrected chi connectivity index (χ4v) is 4.59. The first-order valence-corrected chi connectivity index (χ1v) is 9.36. The van der Waals surface area contributed by atoms with E-state index in [0.717, 1.165) is 28.1 Å². The number of benzene rings is 2. The van der Waals surface area contributed by atoms with Gasteiger partial charge in [-0.05, 0) is 43.2 Å². The Morgan fingerprint density at radius 2 is 2.12 bits per heavy atom. The molecule has 1 fully saturated rings. The monoisotopic (exact) mass is 404 g/mol. The third-order valence-corrected chi connectivity index (χ3v) is 5.90. The quantitative estimate of drug-likeness (QED) is 0.589. The zero-order valence-electron chi connectivity index (χ0n) is 12.7. The molecule has 1 aromatic heterocycles. The first-order chi connectivity index (χ1) is 11.6. The summed E-state index contributed by atoms with van der Waals surface area (Å²) in [6, 6.07) is 12.3. The largest absolute Gasteiger partial charge is 0.329 e. The number of halogens is 2. The second-order valence-corrected chi connectivity index (χ2v) is 7.78. The highest BCUT2D eigenvalue weighted by Crippen LogP contribution is 2.37. The van der Waals surface area contributed by atoms with Crippen LogP contribution in [0.4, 0.5) is 4.39 Å². The van der Waals surface area contributed by atoms with Crippen molar-refractivity contribution < 1.29 is 9.18 Å². The molecule has 2 aromatic carbocycles. The van der Waals surface area contributed by atoms with Crippen molar-refractivity contribution in [2.75, 3.05) is 6.54 Å². The van der Waals surface area contributed by atoms with Crippen LogP contribution in [0.5, 0.6) is 0 Å². The summed E-state index contributed by atoms with van der Waals surface area (Å²) in [5, 5.41) is 0.928. The lowest BCUT2D eigenvalue weighted by atomic mass is 10.1. The number of para-hydroxylation sites is 1. The summed E-state index contributed by atoms with van der Waals surface area (Å²) in [5.74, 6) is -0.756. The van der Waals surface area contributed by atoms with Crippen LogP contribution in [-0.2, 0) is 0 Å². The number of amides is 1. The number of rotatable bonds is 2. The lowest BCUT2D eigenvalue weighted by Gasteiger charge is -2.23. The van der Waals surface area contributed by atoms with Crippen LogP contribution in [0.15, 0.2) is 46.9 Å². The van der Waals surface area contributed by atoms with Gasteiger partial charge in [0, 0.05) is 11.0 Å². The molecule has 4 rings (SSSR count). The number of carbonyl (C=O) groups excluding carboxylic acids is 1. The number of hydrogen-bond donors (Lipinski definition) is 0. The van der Waals surface area contributed by atoms with E-state index < -0.39 is 5.82 Å². The van der Waals surface area contributed by atoms with Gasteiger partial charge < -0.3 is 4.90 Å². The summed E-state index contributed by atoms with van der Waals surface area (Å²) in [6.45, 7) is 0.630. The molecule has 3 aromatic rings. The van der Waals surface area contributed by atoms with Gasteiger partial charge in [-0.15, -0.1) is 11.3 Å². The maximum atomic E-state index is 14.1. The molecule has 1 amide bonds. The topological polar surface area (TPSA) is 33.2 Å². The van der Waals surface area contributed by atoms with Gasteiger partial charge in [0.05, 0.1) is 21.8 Å². The SMILES string of the molecule is O=C(c1cc(Br)ccc1F)N1CCCC1c1nc2ccccc2s1. The average molecular weight is 405 g/mol. The minimum atomic E-state index is -0.488. The highest BCUT2D eigenvalue weighted by atomic mass is 79.9. The molecule has 1 aliphatic heterocycles. The third-order valence-electron chi connectivity index (χ3n) is 4.27. The molecule has 0 N–H and O–H groups in total. The summed E-state index contributed by atoms with van der Waals surface area (Å²) in [4.78, 5) is 19.3. The molecule has 2 heterocycles. The van der Waals surface area contributed by atoms with Crippen molar-refractivity contribution in [2.24, 2.45) is 0 Å². The number of fused-ring (bicyclic) bond motifs is 1. The van der Waals surface area contributed by atoms with Crippen molar-refractivity contribution in [3.63, 3.8) is 0 Å². The van der Waals surface area contributed by atoms with Gasteiger partial charge in [0.25, 0.3) is 5.91 Å². The van der Waals surface area contributed by atoms with E-state index in [9.17, 15) is 9.18 Å². The van der Waals surface area contributed by atoms with E-state index in [1.54, 1.807) is 28.4 Å². The molecule has 24 heavy (non-hydrogen) atoms. The Labute approximate surface area is 151 Å². The Hall–Kier alpha value is -1.79. The second-order valence-electron chi connectivity index (χ2n) is 5.80. The number of carbonyl (C=O) groups is 1. The van der Waals surface area contributed by atoms with Crippen LogP contribution < -0.4 is 0 Å². The molecule has 122 valence electrons. The van der Waals surface area contributed by atoms with E-state index in [-0.39, 0.29) is 17.5 Å². The predicted molar refractivity (Wildman–Crippen MR) is 96.7 cm³/mol. The van der Waals surface area contributed by atoms with Gasteiger partial charge in [0.15, 0.2) is 0 Å². The summed E-state index contributed by atoms with van der Waals surface area (Å²) in [5.41, 5.74) is 1.06. The van der Waals surface area contributed by atoms with E-state index >= 15 is 0 Å². The van der Waals surface area contributed by atoms with Crippen LogP contribution >= 0.6 is 27.3 Å². The Morgan fingerprint density at radius 3 is 2.96 bits per heavy atom. The molecule has 0 spiro atoms. The summed E-state index contributed by atoms with van der Waals surface area (Å²) >= 11 is 4.92. The first kappa shape index (κ1) is 15.7. The van der Waals surface area contributed by atoms with Gasteiger partial charge in [-0.1, -0.05) is 28.1 Å². The molecule has 1 saturated heterocycles. The van der Waals surface area contributed by atoms with Gasteiger partial charge in [-0.3, -0.25) is 4.79 Å². The van der Waals surface area contributed by atoms with Crippen LogP contribution in [0.2, 0.25) is 0 Å². The maximum absolute atomic E-state index is 14.1. The molecule has 3 nitrogen and oxygen atoms in total. The number of nitrogens with zero attached hydrogens (tertiary/aromatic N) is 2. The van der Waals surface area contributed by atoms with E-state index in [1.165, 1.54) is 6.07 Å². The Morgan fingerprint density at radius 1 is 1.29 bits per heavy atom. The zero-order chi connectivity index (χ0) is 16.7. The average Bonchev–Trinajstić information content (AvgIpc) is 3.22. The molecule has 6 heteroatoms. The van der Waals surface area contributed by atoms with Crippen LogP contribution in [0.25, 0.3) is 10.2 Å². The fraction of sp³-hybridized carbons (Fsp3) is 0.222. The number of likely N-dealkylation sites (tertiary alicyclic amines) is 1. The van der Waals surface area contributed by atoms with Crippen LogP contribution in [-0.4, -0.2) is 22.3 Å². The summed E-state index contributed by atoms with van der Waals surface area (Å²) < 4.78 is 15.9. The molecule has 1 unspecified atom stereocenters. The minimum Gasteiger partial charge on any atom is -0.329 e. The molecule has 1 aliphatic rings. The van der Waals surface area contributed by atoms with Crippen LogP contribution in [0, 0.1) is 5.82 Å². The second kappa shape index (κ2) is 6.26. The van der Waals surface area contributed by atoms with Crippen molar-refractivity contribution >= 4 is 43.4 Å². The maximum Gasteiger partial charge on any atom is 0.257 e. The standard InChI is InChI=1S/C18H14BrFN2OS/c19-11-7-8-13(20)12(10-11)18(23)22-9-3-5-15(22)17-21-14-4-1-2-6-16(14)24-17/h1-2,4,6-8,10,15H,3,5,9H2. The molecule has 0 bridgehead atoms. The van der Waals surface area contributed by atoms with Gasteiger partial charge in [-0.2, -0.15) is 0 Å². The summed E-state index contributed by atoms with van der Waals surface area (Å²) in [6.07, 6.45) is 1.77. The van der Waals surface area contributed by atoms with Crippen molar-refractivity contribution in [2.45, 2.75) is 18.9 Å². The normalized spacial score (nSPS) is 17.6. The van der Waals surface area contributed by atoms with Crippen LogP contribution in [0.3, 0.4) is 0 Å². The highest BCUT2D eigenvalue weighted by molar-refractivity contribution is 9.10. The Balaban J connectivity index is 1.69. The van der Waals surface area contributed by atoms with Gasteiger partial charge in [0.2, 0.25) is 0 Å². The lowest BCUT2D eigenvalue weighted by molar-refractivity contribution is 0.0730. The van der Waals surface area contributed by atoms with Gasteiger partial charge >= 0.3 is 0 Å². The van der Waals surface area contributed by atoms with Crippen molar-refractivity contribution in [1.29, 1.82) is 0 Å².